The van der Waals surface area contributed by atoms with Crippen molar-refractivity contribution in [1.82, 2.24) is 4.40 Å². The molecule has 36 heavy (non-hydrogen) atoms. The Bertz CT molecular complexity index is 1610. The van der Waals surface area contributed by atoms with Gasteiger partial charge >= 0.3 is 0 Å². The number of hydrogen-bond acceptors (Lipinski definition) is 0. The maximum Gasteiger partial charge on any atom is 0.0623 e. The van der Waals surface area contributed by atoms with Gasteiger partial charge in [-0.25, -0.2) is 0 Å². The Morgan fingerprint density at radius 3 is 1.81 bits per heavy atom. The summed E-state index contributed by atoms with van der Waals surface area (Å²) in [6.45, 7) is 0. The molecule has 2 heterocycles. The number of nitrogens with zero attached hydrogens (tertiary/aromatic N) is 1. The van der Waals surface area contributed by atoms with Gasteiger partial charge in [0.25, 0.3) is 0 Å². The Balaban J connectivity index is 1.56. The standard InChI is InChI=1S/C35H39N/c1-2-6-15-26-21-30-29-19-18-23-12-7-5-11-17-28(23)34(29)36-32-22-25-14-9-4-8-13-24(25)20-31(32)33(35(30)36)27(26)16-10-3-1/h18-22H,1-17H2. The van der Waals surface area contributed by atoms with Crippen molar-refractivity contribution >= 4 is 38.1 Å². The van der Waals surface area contributed by atoms with Gasteiger partial charge in [0.05, 0.1) is 16.6 Å². The number of rotatable bonds is 0. The predicted molar refractivity (Wildman–Crippen MR) is 154 cm³/mol. The zero-order valence-corrected chi connectivity index (χ0v) is 21.9. The maximum absolute atomic E-state index is 2.78. The normalized spacial score (nSPS) is 19.4. The quantitative estimate of drug-likeness (QED) is 0.197. The third-order valence-corrected chi connectivity index (χ3v) is 10.1. The topological polar surface area (TPSA) is 4.41 Å². The first kappa shape index (κ1) is 21.5. The number of benzene rings is 3. The molecule has 0 bridgehead atoms. The van der Waals surface area contributed by atoms with E-state index < -0.39 is 0 Å². The second-order valence-electron chi connectivity index (χ2n) is 12.2. The molecule has 3 aliphatic carbocycles. The maximum atomic E-state index is 2.78. The summed E-state index contributed by atoms with van der Waals surface area (Å²) in [4.78, 5) is 0. The minimum atomic E-state index is 1.25. The molecule has 184 valence electrons. The van der Waals surface area contributed by atoms with E-state index in [9.17, 15) is 0 Å². The fraction of sp³-hybridized carbons (Fsp3) is 0.486. The Kier molecular flexibility index (Phi) is 5.09. The van der Waals surface area contributed by atoms with Gasteiger partial charge in [0.15, 0.2) is 0 Å². The summed E-state index contributed by atoms with van der Waals surface area (Å²) in [7, 11) is 0. The molecule has 8 rings (SSSR count). The highest BCUT2D eigenvalue weighted by molar-refractivity contribution is 6.25. The minimum Gasteiger partial charge on any atom is -0.308 e. The van der Waals surface area contributed by atoms with Crippen molar-refractivity contribution in [2.75, 3.05) is 0 Å². The Labute approximate surface area is 215 Å². The zero-order chi connectivity index (χ0) is 23.6. The highest BCUT2D eigenvalue weighted by Crippen LogP contribution is 2.46. The first-order valence-corrected chi connectivity index (χ1v) is 15.2. The van der Waals surface area contributed by atoms with Gasteiger partial charge in [0.2, 0.25) is 0 Å². The number of aromatic nitrogens is 1. The third kappa shape index (κ3) is 3.14. The lowest BCUT2D eigenvalue weighted by atomic mass is 9.90. The first-order chi connectivity index (χ1) is 17.9. The molecule has 0 amide bonds. The second-order valence-corrected chi connectivity index (χ2v) is 12.2. The summed E-state index contributed by atoms with van der Waals surface area (Å²) in [6, 6.07) is 13.0. The lowest BCUT2D eigenvalue weighted by Gasteiger charge is -2.13. The van der Waals surface area contributed by atoms with Crippen LogP contribution in [0.3, 0.4) is 0 Å². The van der Waals surface area contributed by atoms with Gasteiger partial charge in [-0.1, -0.05) is 44.2 Å². The van der Waals surface area contributed by atoms with Gasteiger partial charge in [0.1, 0.15) is 0 Å². The van der Waals surface area contributed by atoms with Crippen LogP contribution in [0.5, 0.6) is 0 Å². The first-order valence-electron chi connectivity index (χ1n) is 15.2. The minimum absolute atomic E-state index is 1.25. The summed E-state index contributed by atoms with van der Waals surface area (Å²) in [5, 5.41) is 6.26. The van der Waals surface area contributed by atoms with Gasteiger partial charge in [-0.05, 0) is 129 Å². The summed E-state index contributed by atoms with van der Waals surface area (Å²) < 4.78 is 2.78. The van der Waals surface area contributed by atoms with Crippen molar-refractivity contribution in [1.29, 1.82) is 0 Å². The van der Waals surface area contributed by atoms with E-state index in [1.807, 2.05) is 0 Å². The molecule has 5 aromatic rings. The second kappa shape index (κ2) is 8.51. The van der Waals surface area contributed by atoms with Gasteiger partial charge in [-0.15, -0.1) is 0 Å². The van der Waals surface area contributed by atoms with Gasteiger partial charge < -0.3 is 4.40 Å². The van der Waals surface area contributed by atoms with Crippen molar-refractivity contribution in [2.24, 2.45) is 0 Å². The molecule has 2 aromatic heterocycles. The van der Waals surface area contributed by atoms with Gasteiger partial charge in [-0.2, -0.15) is 0 Å². The smallest absolute Gasteiger partial charge is 0.0623 e. The fourth-order valence-electron chi connectivity index (χ4n) is 8.30. The molecule has 3 aliphatic rings. The fourth-order valence-corrected chi connectivity index (χ4v) is 8.30. The van der Waals surface area contributed by atoms with Gasteiger partial charge in [0, 0.05) is 21.5 Å². The number of aryl methyl sites for hydroxylation is 6. The Hall–Kier alpha value is -2.54. The lowest BCUT2D eigenvalue weighted by molar-refractivity contribution is 0.629. The summed E-state index contributed by atoms with van der Waals surface area (Å²) in [5.41, 5.74) is 14.6. The monoisotopic (exact) mass is 473 g/mol. The summed E-state index contributed by atoms with van der Waals surface area (Å²) >= 11 is 0. The van der Waals surface area contributed by atoms with E-state index in [1.165, 1.54) is 125 Å². The van der Waals surface area contributed by atoms with E-state index in [0.29, 0.717) is 0 Å². The summed E-state index contributed by atoms with van der Waals surface area (Å²) in [6.07, 6.45) is 22.6. The van der Waals surface area contributed by atoms with Crippen molar-refractivity contribution in [2.45, 2.75) is 109 Å². The number of fused-ring (bicyclic) bond motifs is 11. The van der Waals surface area contributed by atoms with Crippen LogP contribution in [-0.4, -0.2) is 4.40 Å². The van der Waals surface area contributed by atoms with Crippen molar-refractivity contribution in [3.63, 3.8) is 0 Å². The molecule has 0 unspecified atom stereocenters. The van der Waals surface area contributed by atoms with Crippen molar-refractivity contribution < 1.29 is 0 Å². The molecule has 1 nitrogen and oxygen atoms in total. The van der Waals surface area contributed by atoms with Crippen LogP contribution in [0.4, 0.5) is 0 Å². The summed E-state index contributed by atoms with van der Waals surface area (Å²) in [5.74, 6) is 0. The molecule has 0 aliphatic heterocycles. The van der Waals surface area contributed by atoms with Crippen LogP contribution in [0.25, 0.3) is 38.1 Å². The molecule has 0 saturated carbocycles. The molecule has 0 fully saturated rings. The van der Waals surface area contributed by atoms with E-state index >= 15 is 0 Å². The van der Waals surface area contributed by atoms with E-state index in [4.69, 9.17) is 0 Å². The third-order valence-electron chi connectivity index (χ3n) is 10.1. The molecule has 0 spiro atoms. The Morgan fingerprint density at radius 2 is 1.00 bits per heavy atom. The van der Waals surface area contributed by atoms with Crippen LogP contribution in [0.1, 0.15) is 104 Å². The molecule has 1 heteroatoms. The van der Waals surface area contributed by atoms with Crippen LogP contribution in [-0.2, 0) is 38.5 Å². The average Bonchev–Trinajstić information content (AvgIpc) is 3.17. The zero-order valence-electron chi connectivity index (χ0n) is 21.9. The average molecular weight is 474 g/mol. The van der Waals surface area contributed by atoms with E-state index in [0.717, 1.165) is 0 Å². The highest BCUT2D eigenvalue weighted by Gasteiger charge is 2.26. The highest BCUT2D eigenvalue weighted by atomic mass is 14.9. The van der Waals surface area contributed by atoms with Crippen LogP contribution in [0, 0.1) is 0 Å². The van der Waals surface area contributed by atoms with Crippen LogP contribution in [0.15, 0.2) is 30.3 Å². The van der Waals surface area contributed by atoms with E-state index in [1.54, 1.807) is 55.2 Å². The van der Waals surface area contributed by atoms with Crippen molar-refractivity contribution in [3.8, 4) is 0 Å². The number of hydrogen-bond donors (Lipinski definition) is 0. The molecular weight excluding hydrogens is 434 g/mol. The van der Waals surface area contributed by atoms with Crippen LogP contribution < -0.4 is 0 Å². The largest absolute Gasteiger partial charge is 0.308 e. The lowest BCUT2D eigenvalue weighted by Crippen LogP contribution is -1.96. The molecule has 0 radical (unpaired) electrons. The Morgan fingerprint density at radius 1 is 0.417 bits per heavy atom. The molecule has 3 aromatic carbocycles. The molecular formula is C35H39N. The van der Waals surface area contributed by atoms with Crippen molar-refractivity contribution in [3.05, 3.63) is 63.7 Å². The molecule has 0 N–H and O–H groups in total. The SMILES string of the molecule is c1cc2c3cc4c(c5c6cc7c(cc6n(c2c2c1CCCCC2)c35)CCCCC7)CCCCCCC4. The van der Waals surface area contributed by atoms with Gasteiger partial charge in [-0.3, -0.25) is 0 Å². The predicted octanol–water partition coefficient (Wildman–Crippen LogP) is 9.42. The van der Waals surface area contributed by atoms with Crippen LogP contribution >= 0.6 is 0 Å². The molecule has 0 atom stereocenters. The van der Waals surface area contributed by atoms with E-state index in [-0.39, 0.29) is 0 Å². The van der Waals surface area contributed by atoms with E-state index in [2.05, 4.69) is 34.7 Å². The molecule has 0 saturated heterocycles. The van der Waals surface area contributed by atoms with Crippen LogP contribution in [0.2, 0.25) is 0 Å².